The molecule has 1 atom stereocenters. The largest absolute Gasteiger partial charge is 0.374 e. The number of ether oxygens (including phenoxy) is 1. The van der Waals surface area contributed by atoms with Gasteiger partial charge in [-0.05, 0) is 27.8 Å². The maximum absolute atomic E-state index is 5.75. The fourth-order valence-corrected chi connectivity index (χ4v) is 2.43. The van der Waals surface area contributed by atoms with Gasteiger partial charge in [-0.15, -0.1) is 0 Å². The first-order chi connectivity index (χ1) is 10.6. The number of nitrogens with one attached hydrogen (secondary N) is 2. The number of rotatable bonds is 5. The summed E-state index contributed by atoms with van der Waals surface area (Å²) in [6, 6.07) is 0. The second kappa shape index (κ2) is 8.14. The van der Waals surface area contributed by atoms with Crippen LogP contribution in [0.3, 0.4) is 0 Å². The first-order valence-corrected chi connectivity index (χ1v) is 7.84. The quantitative estimate of drug-likeness (QED) is 0.615. The molecule has 1 unspecified atom stereocenters. The molecule has 1 saturated heterocycles. The zero-order valence-electron chi connectivity index (χ0n) is 14.0. The van der Waals surface area contributed by atoms with Gasteiger partial charge in [-0.1, -0.05) is 5.16 Å². The minimum atomic E-state index is 0.196. The topological polar surface area (TPSA) is 74.9 Å². The Hall–Kier alpha value is -1.60. The van der Waals surface area contributed by atoms with Crippen molar-refractivity contribution in [2.75, 3.05) is 39.8 Å². The van der Waals surface area contributed by atoms with Gasteiger partial charge in [0, 0.05) is 31.7 Å². The predicted octanol–water partition coefficient (Wildman–Crippen LogP) is 0.677. The number of aliphatic imine (C=N–C) groups is 1. The number of likely N-dealkylation sites (N-methyl/N-ethyl adjacent to an activating group) is 1. The third kappa shape index (κ3) is 4.71. The maximum atomic E-state index is 5.75. The molecule has 0 bridgehead atoms. The zero-order chi connectivity index (χ0) is 15.9. The molecule has 0 spiro atoms. The van der Waals surface area contributed by atoms with Crippen molar-refractivity contribution in [1.82, 2.24) is 20.7 Å². The minimum absolute atomic E-state index is 0.196. The molecule has 0 aliphatic carbocycles. The number of aryl methyl sites for hydroxylation is 2. The normalized spacial score (nSPS) is 20.2. The molecular weight excluding hydrogens is 282 g/mol. The van der Waals surface area contributed by atoms with Gasteiger partial charge in [0.05, 0.1) is 24.9 Å². The summed E-state index contributed by atoms with van der Waals surface area (Å²) in [5, 5.41) is 10.6. The molecule has 1 fully saturated rings. The molecule has 22 heavy (non-hydrogen) atoms. The summed E-state index contributed by atoms with van der Waals surface area (Å²) in [5.74, 6) is 1.62. The molecule has 0 saturated carbocycles. The lowest BCUT2D eigenvalue weighted by Gasteiger charge is -2.30. The Balaban J connectivity index is 1.90. The second-order valence-electron chi connectivity index (χ2n) is 5.63. The molecule has 0 aromatic carbocycles. The zero-order valence-corrected chi connectivity index (χ0v) is 14.0. The van der Waals surface area contributed by atoms with Crippen LogP contribution in [0.25, 0.3) is 0 Å². The summed E-state index contributed by atoms with van der Waals surface area (Å²) in [6.45, 7) is 10.8. The van der Waals surface area contributed by atoms with Crippen molar-refractivity contribution in [3.8, 4) is 0 Å². The second-order valence-corrected chi connectivity index (χ2v) is 5.63. The van der Waals surface area contributed by atoms with Gasteiger partial charge in [-0.25, -0.2) is 4.99 Å². The Bertz CT molecular complexity index is 481. The van der Waals surface area contributed by atoms with E-state index in [2.05, 4.69) is 39.7 Å². The fourth-order valence-electron chi connectivity index (χ4n) is 2.43. The smallest absolute Gasteiger partial charge is 0.191 e. The molecule has 1 aromatic rings. The van der Waals surface area contributed by atoms with E-state index in [9.17, 15) is 0 Å². The highest BCUT2D eigenvalue weighted by atomic mass is 16.5. The van der Waals surface area contributed by atoms with Crippen LogP contribution in [-0.2, 0) is 11.3 Å². The number of nitrogens with zero attached hydrogens (tertiary/aromatic N) is 3. The molecule has 0 amide bonds. The monoisotopic (exact) mass is 309 g/mol. The molecule has 124 valence electrons. The summed E-state index contributed by atoms with van der Waals surface area (Å²) in [5.41, 5.74) is 1.94. The molecule has 2 N–H and O–H groups in total. The Kier molecular flexibility index (Phi) is 6.21. The summed E-state index contributed by atoms with van der Waals surface area (Å²) in [4.78, 5) is 6.89. The van der Waals surface area contributed by atoms with Gasteiger partial charge in [0.15, 0.2) is 5.96 Å². The lowest BCUT2D eigenvalue weighted by molar-refractivity contribution is -0.0161. The highest BCUT2D eigenvalue weighted by Crippen LogP contribution is 2.13. The standard InChI is InChI=1S/C15H27N5O2/c1-5-16-15(17-8-13-10-20(4)6-7-21-13)18-9-14-11(2)19-22-12(14)3/h13H,5-10H2,1-4H3,(H2,16,17,18). The summed E-state index contributed by atoms with van der Waals surface area (Å²) in [6.07, 6.45) is 0.196. The van der Waals surface area contributed by atoms with Crippen LogP contribution >= 0.6 is 0 Å². The summed E-state index contributed by atoms with van der Waals surface area (Å²) in [7, 11) is 2.12. The van der Waals surface area contributed by atoms with Crippen LogP contribution < -0.4 is 10.6 Å². The lowest BCUT2D eigenvalue weighted by Crippen LogP contribution is -2.48. The molecular formula is C15H27N5O2. The van der Waals surface area contributed by atoms with Gasteiger partial charge in [0.2, 0.25) is 0 Å². The first kappa shape index (κ1) is 16.8. The molecule has 1 aliphatic heterocycles. The van der Waals surface area contributed by atoms with E-state index in [1.54, 1.807) is 0 Å². The van der Waals surface area contributed by atoms with Crippen LogP contribution in [-0.4, -0.2) is 62.0 Å². The Morgan fingerprint density at radius 3 is 2.86 bits per heavy atom. The maximum Gasteiger partial charge on any atom is 0.191 e. The molecule has 7 heteroatoms. The SMILES string of the molecule is CCNC(=NCc1c(C)noc1C)NCC1CN(C)CCO1. The lowest BCUT2D eigenvalue weighted by atomic mass is 10.2. The van der Waals surface area contributed by atoms with Crippen LogP contribution in [0, 0.1) is 13.8 Å². The van der Waals surface area contributed by atoms with Crippen molar-refractivity contribution in [1.29, 1.82) is 0 Å². The Morgan fingerprint density at radius 1 is 1.41 bits per heavy atom. The minimum Gasteiger partial charge on any atom is -0.374 e. The van der Waals surface area contributed by atoms with Gasteiger partial charge in [-0.3, -0.25) is 0 Å². The van der Waals surface area contributed by atoms with Gasteiger partial charge in [0.25, 0.3) is 0 Å². The molecule has 1 aliphatic rings. The summed E-state index contributed by atoms with van der Waals surface area (Å²) >= 11 is 0. The third-order valence-electron chi connectivity index (χ3n) is 3.76. The van der Waals surface area contributed by atoms with E-state index in [1.807, 2.05) is 13.8 Å². The fraction of sp³-hybridized carbons (Fsp3) is 0.733. The van der Waals surface area contributed by atoms with Crippen molar-refractivity contribution in [2.24, 2.45) is 4.99 Å². The average Bonchev–Trinajstić information content (AvgIpc) is 2.81. The van der Waals surface area contributed by atoms with Crippen molar-refractivity contribution < 1.29 is 9.26 Å². The number of aromatic nitrogens is 1. The molecule has 2 heterocycles. The van der Waals surface area contributed by atoms with E-state index in [0.29, 0.717) is 6.54 Å². The van der Waals surface area contributed by atoms with Crippen LogP contribution in [0.5, 0.6) is 0 Å². The molecule has 1 aromatic heterocycles. The van der Waals surface area contributed by atoms with Gasteiger partial charge < -0.3 is 24.8 Å². The van der Waals surface area contributed by atoms with Crippen LogP contribution in [0.15, 0.2) is 9.52 Å². The van der Waals surface area contributed by atoms with E-state index in [4.69, 9.17) is 9.26 Å². The van der Waals surface area contributed by atoms with Crippen molar-refractivity contribution in [2.45, 2.75) is 33.4 Å². The predicted molar refractivity (Wildman–Crippen MR) is 86.0 cm³/mol. The van der Waals surface area contributed by atoms with Crippen LogP contribution in [0.4, 0.5) is 0 Å². The van der Waals surface area contributed by atoms with Crippen molar-refractivity contribution in [3.05, 3.63) is 17.0 Å². The van der Waals surface area contributed by atoms with E-state index >= 15 is 0 Å². The Morgan fingerprint density at radius 2 is 2.23 bits per heavy atom. The van der Waals surface area contributed by atoms with E-state index in [-0.39, 0.29) is 6.10 Å². The number of hydrogen-bond acceptors (Lipinski definition) is 5. The van der Waals surface area contributed by atoms with Crippen molar-refractivity contribution >= 4 is 5.96 Å². The van der Waals surface area contributed by atoms with Crippen LogP contribution in [0.2, 0.25) is 0 Å². The number of hydrogen-bond donors (Lipinski definition) is 2. The van der Waals surface area contributed by atoms with Gasteiger partial charge >= 0.3 is 0 Å². The first-order valence-electron chi connectivity index (χ1n) is 7.84. The van der Waals surface area contributed by atoms with Crippen LogP contribution in [0.1, 0.15) is 23.9 Å². The number of morpholine rings is 1. The van der Waals surface area contributed by atoms with E-state index in [0.717, 1.165) is 55.8 Å². The molecule has 0 radical (unpaired) electrons. The van der Waals surface area contributed by atoms with E-state index < -0.39 is 0 Å². The summed E-state index contributed by atoms with van der Waals surface area (Å²) < 4.78 is 10.9. The highest BCUT2D eigenvalue weighted by molar-refractivity contribution is 5.79. The highest BCUT2D eigenvalue weighted by Gasteiger charge is 2.17. The van der Waals surface area contributed by atoms with Crippen molar-refractivity contribution in [3.63, 3.8) is 0 Å². The van der Waals surface area contributed by atoms with Gasteiger partial charge in [-0.2, -0.15) is 0 Å². The molecule has 2 rings (SSSR count). The molecule has 7 nitrogen and oxygen atoms in total. The average molecular weight is 309 g/mol. The third-order valence-corrected chi connectivity index (χ3v) is 3.76. The van der Waals surface area contributed by atoms with Gasteiger partial charge in [0.1, 0.15) is 5.76 Å². The Labute approximate surface area is 132 Å². The number of guanidine groups is 1. The van der Waals surface area contributed by atoms with E-state index in [1.165, 1.54) is 0 Å².